The summed E-state index contributed by atoms with van der Waals surface area (Å²) in [5.41, 5.74) is 3.12. The number of hydrogen-bond donors (Lipinski definition) is 3. The fraction of sp³-hybridized carbons (Fsp3) is 0.318. The lowest BCUT2D eigenvalue weighted by Gasteiger charge is -2.15. The van der Waals surface area contributed by atoms with Crippen molar-refractivity contribution in [2.75, 3.05) is 6.61 Å². The molecule has 1 unspecified atom stereocenters. The maximum atomic E-state index is 13.8. The molecule has 1 aliphatic rings. The molecule has 2 aromatic carbocycles. The van der Waals surface area contributed by atoms with E-state index in [0.29, 0.717) is 17.7 Å². The van der Waals surface area contributed by atoms with E-state index in [4.69, 9.17) is 0 Å². The Kier molecular flexibility index (Phi) is 5.13. The van der Waals surface area contributed by atoms with Crippen LogP contribution in [-0.2, 0) is 11.2 Å². The molecule has 1 atom stereocenters. The van der Waals surface area contributed by atoms with Gasteiger partial charge in [-0.25, -0.2) is 8.78 Å². The van der Waals surface area contributed by atoms with Crippen molar-refractivity contribution in [2.24, 2.45) is 5.92 Å². The summed E-state index contributed by atoms with van der Waals surface area (Å²) in [6.07, 6.45) is 2.69. The lowest BCUT2D eigenvalue weighted by Crippen LogP contribution is -2.39. The van der Waals surface area contributed by atoms with E-state index in [0.717, 1.165) is 35.2 Å². The molecule has 4 nitrogen and oxygen atoms in total. The van der Waals surface area contributed by atoms with Crippen LogP contribution >= 0.6 is 0 Å². The number of hydrogen-bond acceptors (Lipinski definition) is 2. The van der Waals surface area contributed by atoms with Gasteiger partial charge in [0, 0.05) is 23.0 Å². The summed E-state index contributed by atoms with van der Waals surface area (Å²) >= 11 is 0. The summed E-state index contributed by atoms with van der Waals surface area (Å²) in [6.45, 7) is -0.0600. The van der Waals surface area contributed by atoms with Crippen molar-refractivity contribution in [2.45, 2.75) is 31.7 Å². The van der Waals surface area contributed by atoms with Gasteiger partial charge in [-0.15, -0.1) is 0 Å². The van der Waals surface area contributed by atoms with Crippen LogP contribution in [0.5, 0.6) is 0 Å². The van der Waals surface area contributed by atoms with Crippen molar-refractivity contribution in [3.05, 3.63) is 59.7 Å². The molecule has 146 valence electrons. The van der Waals surface area contributed by atoms with Gasteiger partial charge in [-0.05, 0) is 78.8 Å². The first-order valence-electron chi connectivity index (χ1n) is 9.51. The zero-order valence-electron chi connectivity index (χ0n) is 15.3. The van der Waals surface area contributed by atoms with Crippen molar-refractivity contribution in [1.82, 2.24) is 10.3 Å². The summed E-state index contributed by atoms with van der Waals surface area (Å²) in [4.78, 5) is 15.6. The van der Waals surface area contributed by atoms with Crippen LogP contribution in [0.2, 0.25) is 0 Å². The van der Waals surface area contributed by atoms with Crippen LogP contribution < -0.4 is 5.32 Å². The molecule has 0 radical (unpaired) electrons. The van der Waals surface area contributed by atoms with E-state index in [1.165, 1.54) is 24.3 Å². The molecule has 0 saturated heterocycles. The molecule has 0 spiro atoms. The Morgan fingerprint density at radius 3 is 2.54 bits per heavy atom. The number of carbonyl (C=O) groups is 1. The number of rotatable bonds is 7. The first-order valence-corrected chi connectivity index (χ1v) is 9.51. The van der Waals surface area contributed by atoms with Gasteiger partial charge >= 0.3 is 0 Å². The summed E-state index contributed by atoms with van der Waals surface area (Å²) in [7, 11) is 0. The van der Waals surface area contributed by atoms with Crippen LogP contribution in [0, 0.1) is 17.6 Å². The number of aryl methyl sites for hydroxylation is 1. The van der Waals surface area contributed by atoms with Gasteiger partial charge in [0.2, 0.25) is 5.91 Å². The smallest absolute Gasteiger partial charge is 0.220 e. The third kappa shape index (κ3) is 3.92. The summed E-state index contributed by atoms with van der Waals surface area (Å²) in [6, 6.07) is 10.4. The van der Waals surface area contributed by atoms with Gasteiger partial charge in [0.15, 0.2) is 0 Å². The molecule has 1 fully saturated rings. The largest absolute Gasteiger partial charge is 0.394 e. The van der Waals surface area contributed by atoms with E-state index in [-0.39, 0.29) is 36.6 Å². The van der Waals surface area contributed by atoms with E-state index >= 15 is 0 Å². The second-order valence-electron chi connectivity index (χ2n) is 7.37. The van der Waals surface area contributed by atoms with Crippen LogP contribution in [0.3, 0.4) is 0 Å². The molecule has 1 aliphatic carbocycles. The number of aliphatic hydroxyl groups is 1. The van der Waals surface area contributed by atoms with E-state index in [9.17, 15) is 18.7 Å². The van der Waals surface area contributed by atoms with Crippen LogP contribution in [0.1, 0.15) is 24.8 Å². The minimum Gasteiger partial charge on any atom is -0.394 e. The van der Waals surface area contributed by atoms with E-state index in [1.807, 2.05) is 0 Å². The number of amides is 1. The summed E-state index contributed by atoms with van der Waals surface area (Å²) in [5, 5.41) is 13.0. The molecule has 1 aromatic heterocycles. The number of benzene rings is 2. The van der Waals surface area contributed by atoms with Crippen LogP contribution in [-0.4, -0.2) is 28.6 Å². The molecule has 3 N–H and O–H groups in total. The average molecular weight is 384 g/mol. The Balaban J connectivity index is 1.60. The molecular formula is C22H22F2N2O2. The first kappa shape index (κ1) is 18.6. The number of H-pyrrole nitrogens is 1. The molecule has 1 amide bonds. The minimum atomic E-state index is -0.350. The summed E-state index contributed by atoms with van der Waals surface area (Å²) in [5.74, 6) is -0.452. The van der Waals surface area contributed by atoms with Crippen LogP contribution in [0.15, 0.2) is 42.5 Å². The second-order valence-corrected chi connectivity index (χ2v) is 7.37. The lowest BCUT2D eigenvalue weighted by atomic mass is 10.0. The van der Waals surface area contributed by atoms with Gasteiger partial charge in [0.05, 0.1) is 12.6 Å². The molecule has 28 heavy (non-hydrogen) atoms. The SMILES string of the molecule is O=C(CCc1c(-c2ccc(F)cc2)[nH]c2ccc(F)cc12)NC(CO)C1CC1. The predicted molar refractivity (Wildman–Crippen MR) is 104 cm³/mol. The number of aliphatic hydroxyl groups excluding tert-OH is 1. The fourth-order valence-electron chi connectivity index (χ4n) is 3.67. The van der Waals surface area contributed by atoms with Crippen LogP contribution in [0.4, 0.5) is 8.78 Å². The van der Waals surface area contributed by atoms with Gasteiger partial charge in [-0.1, -0.05) is 0 Å². The molecule has 0 bridgehead atoms. The van der Waals surface area contributed by atoms with E-state index in [2.05, 4.69) is 10.3 Å². The summed E-state index contributed by atoms with van der Waals surface area (Å²) < 4.78 is 27.1. The standard InChI is InChI=1S/C22H22F2N2O2/c23-15-5-3-14(4-6-15)22-17(18-11-16(24)7-9-19(18)26-22)8-10-21(28)25-20(12-27)13-1-2-13/h3-7,9,11,13,20,26-27H,1-2,8,10,12H2,(H,25,28). The number of aromatic nitrogens is 1. The highest BCUT2D eigenvalue weighted by molar-refractivity contribution is 5.91. The quantitative estimate of drug-likeness (QED) is 0.578. The third-order valence-corrected chi connectivity index (χ3v) is 5.34. The molecular weight excluding hydrogens is 362 g/mol. The lowest BCUT2D eigenvalue weighted by molar-refractivity contribution is -0.122. The Morgan fingerprint density at radius 2 is 1.86 bits per heavy atom. The number of nitrogens with one attached hydrogen (secondary N) is 2. The van der Waals surface area contributed by atoms with Crippen molar-refractivity contribution in [3.63, 3.8) is 0 Å². The average Bonchev–Trinajstić information content (AvgIpc) is 3.47. The Bertz CT molecular complexity index is 994. The normalized spacial score (nSPS) is 15.0. The topological polar surface area (TPSA) is 65.1 Å². The van der Waals surface area contributed by atoms with Crippen molar-refractivity contribution in [3.8, 4) is 11.3 Å². The number of halogens is 2. The highest BCUT2D eigenvalue weighted by Crippen LogP contribution is 2.33. The molecule has 0 aliphatic heterocycles. The molecule has 3 aromatic rings. The van der Waals surface area contributed by atoms with Crippen LogP contribution in [0.25, 0.3) is 22.2 Å². The number of aromatic amines is 1. The van der Waals surface area contributed by atoms with Crippen molar-refractivity contribution >= 4 is 16.8 Å². The second kappa shape index (κ2) is 7.72. The minimum absolute atomic E-state index is 0.0600. The molecule has 4 rings (SSSR count). The van der Waals surface area contributed by atoms with Gasteiger partial charge in [-0.3, -0.25) is 4.79 Å². The van der Waals surface area contributed by atoms with Gasteiger partial charge in [0.1, 0.15) is 11.6 Å². The van der Waals surface area contributed by atoms with Gasteiger partial charge in [-0.2, -0.15) is 0 Å². The van der Waals surface area contributed by atoms with Gasteiger partial charge < -0.3 is 15.4 Å². The Morgan fingerprint density at radius 1 is 1.14 bits per heavy atom. The third-order valence-electron chi connectivity index (χ3n) is 5.34. The maximum Gasteiger partial charge on any atom is 0.220 e. The Labute approximate surface area is 161 Å². The van der Waals surface area contributed by atoms with Gasteiger partial charge in [0.25, 0.3) is 0 Å². The number of fused-ring (bicyclic) bond motifs is 1. The highest BCUT2D eigenvalue weighted by atomic mass is 19.1. The highest BCUT2D eigenvalue weighted by Gasteiger charge is 2.31. The predicted octanol–water partition coefficient (Wildman–Crippen LogP) is 3.93. The fourth-order valence-corrected chi connectivity index (χ4v) is 3.67. The number of carbonyl (C=O) groups excluding carboxylic acids is 1. The first-order chi connectivity index (χ1) is 13.5. The Hall–Kier alpha value is -2.73. The monoisotopic (exact) mass is 384 g/mol. The molecule has 1 saturated carbocycles. The maximum absolute atomic E-state index is 13.8. The zero-order valence-corrected chi connectivity index (χ0v) is 15.3. The van der Waals surface area contributed by atoms with E-state index < -0.39 is 0 Å². The molecule has 6 heteroatoms. The molecule has 1 heterocycles. The van der Waals surface area contributed by atoms with Crippen molar-refractivity contribution < 1.29 is 18.7 Å². The van der Waals surface area contributed by atoms with Crippen molar-refractivity contribution in [1.29, 1.82) is 0 Å². The zero-order chi connectivity index (χ0) is 19.7. The van der Waals surface area contributed by atoms with E-state index in [1.54, 1.807) is 18.2 Å².